The van der Waals surface area contributed by atoms with Gasteiger partial charge in [-0.05, 0) is 23.3 Å². The SMILES string of the molecule is O=C(CC(O)C(=O)OC=Cc1ccccc1)OC=Cc1ccccc1. The molecule has 1 N–H and O–H groups in total. The summed E-state index contributed by atoms with van der Waals surface area (Å²) in [7, 11) is 0. The van der Waals surface area contributed by atoms with Crippen LogP contribution in [0.4, 0.5) is 0 Å². The van der Waals surface area contributed by atoms with E-state index in [2.05, 4.69) is 0 Å². The zero-order valence-corrected chi connectivity index (χ0v) is 13.4. The molecule has 0 heterocycles. The molecule has 0 bridgehead atoms. The highest BCUT2D eigenvalue weighted by Crippen LogP contribution is 2.05. The van der Waals surface area contributed by atoms with Crippen molar-refractivity contribution in [1.29, 1.82) is 0 Å². The lowest BCUT2D eigenvalue weighted by molar-refractivity contribution is -0.153. The first-order valence-corrected chi connectivity index (χ1v) is 7.66. The fourth-order valence-corrected chi connectivity index (χ4v) is 1.86. The molecule has 0 fully saturated rings. The molecule has 128 valence electrons. The zero-order valence-electron chi connectivity index (χ0n) is 13.4. The minimum atomic E-state index is -1.59. The van der Waals surface area contributed by atoms with Crippen LogP contribution in [0.5, 0.6) is 0 Å². The number of carbonyl (C=O) groups excluding carboxylic acids is 2. The third-order valence-electron chi connectivity index (χ3n) is 3.14. The Labute approximate surface area is 145 Å². The van der Waals surface area contributed by atoms with Crippen molar-refractivity contribution < 1.29 is 24.2 Å². The second-order valence-corrected chi connectivity index (χ2v) is 5.07. The first kappa shape index (κ1) is 18.2. The summed E-state index contributed by atoms with van der Waals surface area (Å²) >= 11 is 0. The number of benzene rings is 2. The van der Waals surface area contributed by atoms with E-state index in [4.69, 9.17) is 9.47 Å². The first-order chi connectivity index (χ1) is 12.1. The van der Waals surface area contributed by atoms with E-state index in [1.54, 1.807) is 12.2 Å². The number of aliphatic hydroxyl groups is 1. The van der Waals surface area contributed by atoms with Gasteiger partial charge in [-0.3, -0.25) is 4.79 Å². The summed E-state index contributed by atoms with van der Waals surface area (Å²) in [4.78, 5) is 23.2. The Balaban J connectivity index is 1.73. The van der Waals surface area contributed by atoms with Crippen molar-refractivity contribution in [3.05, 3.63) is 84.3 Å². The molecular weight excluding hydrogens is 320 g/mol. The topological polar surface area (TPSA) is 72.8 Å². The van der Waals surface area contributed by atoms with Gasteiger partial charge in [-0.25, -0.2) is 4.79 Å². The molecule has 0 aliphatic carbocycles. The summed E-state index contributed by atoms with van der Waals surface area (Å²) in [5.41, 5.74) is 1.71. The Kier molecular flexibility index (Phi) is 7.15. The van der Waals surface area contributed by atoms with Gasteiger partial charge in [0.15, 0.2) is 6.10 Å². The highest BCUT2D eigenvalue weighted by Gasteiger charge is 2.20. The van der Waals surface area contributed by atoms with Crippen molar-refractivity contribution in [2.24, 2.45) is 0 Å². The summed E-state index contributed by atoms with van der Waals surface area (Å²) in [6.45, 7) is 0. The Hall–Kier alpha value is -3.18. The van der Waals surface area contributed by atoms with Crippen molar-refractivity contribution in [1.82, 2.24) is 0 Å². The summed E-state index contributed by atoms with van der Waals surface area (Å²) < 4.78 is 9.62. The Morgan fingerprint density at radius 3 is 1.84 bits per heavy atom. The highest BCUT2D eigenvalue weighted by atomic mass is 16.5. The smallest absolute Gasteiger partial charge is 0.340 e. The minimum absolute atomic E-state index is 0.489. The molecular formula is C20H18O5. The molecule has 1 atom stereocenters. The molecule has 0 spiro atoms. The predicted molar refractivity (Wildman–Crippen MR) is 93.8 cm³/mol. The molecule has 2 rings (SSSR count). The van der Waals surface area contributed by atoms with Crippen molar-refractivity contribution in [3.8, 4) is 0 Å². The number of hydrogen-bond donors (Lipinski definition) is 1. The molecule has 0 amide bonds. The molecule has 0 saturated heterocycles. The maximum atomic E-state index is 11.6. The highest BCUT2D eigenvalue weighted by molar-refractivity contribution is 5.82. The van der Waals surface area contributed by atoms with E-state index in [1.165, 1.54) is 12.5 Å². The molecule has 1 unspecified atom stereocenters. The lowest BCUT2D eigenvalue weighted by Crippen LogP contribution is -2.25. The van der Waals surface area contributed by atoms with E-state index in [0.717, 1.165) is 11.1 Å². The Morgan fingerprint density at radius 1 is 0.840 bits per heavy atom. The summed E-state index contributed by atoms with van der Waals surface area (Å²) in [5.74, 6) is -1.65. The number of rotatable bonds is 7. The van der Waals surface area contributed by atoms with Crippen LogP contribution in [0.2, 0.25) is 0 Å². The van der Waals surface area contributed by atoms with Crippen LogP contribution in [0, 0.1) is 0 Å². The molecule has 0 aliphatic rings. The lowest BCUT2D eigenvalue weighted by Gasteiger charge is -2.06. The number of aliphatic hydroxyl groups excluding tert-OH is 1. The molecule has 0 saturated carbocycles. The van der Waals surface area contributed by atoms with Crippen LogP contribution in [0.3, 0.4) is 0 Å². The van der Waals surface area contributed by atoms with Gasteiger partial charge in [-0.2, -0.15) is 0 Å². The maximum absolute atomic E-state index is 11.6. The van der Waals surface area contributed by atoms with Gasteiger partial charge >= 0.3 is 11.9 Å². The van der Waals surface area contributed by atoms with Gasteiger partial charge in [0.2, 0.25) is 0 Å². The predicted octanol–water partition coefficient (Wildman–Crippen LogP) is 3.17. The fraction of sp³-hybridized carbons (Fsp3) is 0.100. The molecule has 0 aromatic heterocycles. The van der Waals surface area contributed by atoms with Crippen LogP contribution in [0.25, 0.3) is 12.2 Å². The molecule has 0 aliphatic heterocycles. The third-order valence-corrected chi connectivity index (χ3v) is 3.14. The summed E-state index contributed by atoms with van der Waals surface area (Å²) in [6.07, 6.45) is 3.48. The van der Waals surface area contributed by atoms with Gasteiger partial charge in [-0.15, -0.1) is 0 Å². The van der Waals surface area contributed by atoms with Crippen LogP contribution in [-0.2, 0) is 19.1 Å². The summed E-state index contributed by atoms with van der Waals surface area (Å²) in [6, 6.07) is 18.5. The third kappa shape index (κ3) is 6.85. The normalized spacial score (nSPS) is 12.2. The Morgan fingerprint density at radius 2 is 1.32 bits per heavy atom. The quantitative estimate of drug-likeness (QED) is 0.620. The molecule has 0 radical (unpaired) electrons. The standard InChI is InChI=1S/C20H18O5/c21-18(20(23)25-14-12-17-9-5-2-6-10-17)15-19(22)24-13-11-16-7-3-1-4-8-16/h1-14,18,21H,15H2. The van der Waals surface area contributed by atoms with Gasteiger partial charge in [-0.1, -0.05) is 60.7 Å². The second-order valence-electron chi connectivity index (χ2n) is 5.07. The van der Waals surface area contributed by atoms with Crippen LogP contribution in [0.1, 0.15) is 17.5 Å². The molecule has 25 heavy (non-hydrogen) atoms. The van der Waals surface area contributed by atoms with E-state index in [-0.39, 0.29) is 0 Å². The van der Waals surface area contributed by atoms with Gasteiger partial charge in [0.25, 0.3) is 0 Å². The average molecular weight is 338 g/mol. The molecule has 2 aromatic rings. The van der Waals surface area contributed by atoms with E-state index in [9.17, 15) is 14.7 Å². The van der Waals surface area contributed by atoms with Crippen molar-refractivity contribution in [2.45, 2.75) is 12.5 Å². The van der Waals surface area contributed by atoms with Crippen LogP contribution in [0.15, 0.2) is 73.2 Å². The molecule has 2 aromatic carbocycles. The minimum Gasteiger partial charge on any atom is -0.434 e. The zero-order chi connectivity index (χ0) is 17.9. The molecule has 5 heteroatoms. The number of esters is 2. The van der Waals surface area contributed by atoms with Crippen LogP contribution < -0.4 is 0 Å². The monoisotopic (exact) mass is 338 g/mol. The van der Waals surface area contributed by atoms with E-state index >= 15 is 0 Å². The van der Waals surface area contributed by atoms with E-state index in [0.29, 0.717) is 0 Å². The Bertz CT molecular complexity index is 735. The number of carbonyl (C=O) groups is 2. The largest absolute Gasteiger partial charge is 0.434 e. The number of hydrogen-bond acceptors (Lipinski definition) is 5. The second kappa shape index (κ2) is 9.85. The van der Waals surface area contributed by atoms with E-state index in [1.807, 2.05) is 60.7 Å². The average Bonchev–Trinajstić information content (AvgIpc) is 2.63. The first-order valence-electron chi connectivity index (χ1n) is 7.66. The summed E-state index contributed by atoms with van der Waals surface area (Å²) in [5, 5.41) is 9.67. The van der Waals surface area contributed by atoms with Crippen molar-refractivity contribution in [2.75, 3.05) is 0 Å². The van der Waals surface area contributed by atoms with Crippen LogP contribution >= 0.6 is 0 Å². The van der Waals surface area contributed by atoms with Gasteiger partial charge < -0.3 is 14.6 Å². The van der Waals surface area contributed by atoms with Crippen molar-refractivity contribution >= 4 is 24.1 Å². The van der Waals surface area contributed by atoms with Gasteiger partial charge in [0.05, 0.1) is 18.9 Å². The molecule has 5 nitrogen and oxygen atoms in total. The van der Waals surface area contributed by atoms with Crippen molar-refractivity contribution in [3.63, 3.8) is 0 Å². The maximum Gasteiger partial charge on any atom is 0.340 e. The lowest BCUT2D eigenvalue weighted by atomic mass is 10.2. The van der Waals surface area contributed by atoms with Gasteiger partial charge in [0.1, 0.15) is 0 Å². The fourth-order valence-electron chi connectivity index (χ4n) is 1.86. The van der Waals surface area contributed by atoms with Gasteiger partial charge in [0, 0.05) is 0 Å². The van der Waals surface area contributed by atoms with E-state index < -0.39 is 24.5 Å². The number of ether oxygens (including phenoxy) is 2. The van der Waals surface area contributed by atoms with Crippen LogP contribution in [-0.4, -0.2) is 23.1 Å².